The third-order valence-corrected chi connectivity index (χ3v) is 3.43. The first-order chi connectivity index (χ1) is 9.83. The van der Waals surface area contributed by atoms with Gasteiger partial charge in [0.2, 0.25) is 0 Å². The fourth-order valence-corrected chi connectivity index (χ4v) is 2.27. The summed E-state index contributed by atoms with van der Waals surface area (Å²) in [4.78, 5) is 3.25. The first-order valence-corrected chi connectivity index (χ1v) is 6.87. The number of rotatable bonds is 3. The fourth-order valence-electron chi connectivity index (χ4n) is 2.15. The van der Waals surface area contributed by atoms with Crippen LogP contribution in [0.1, 0.15) is 11.1 Å². The molecule has 0 bridgehead atoms. The van der Waals surface area contributed by atoms with Gasteiger partial charge in [0, 0.05) is 22.5 Å². The summed E-state index contributed by atoms with van der Waals surface area (Å²) in [5, 5.41) is 0.758. The molecule has 20 heavy (non-hydrogen) atoms. The Balaban J connectivity index is 1.93. The normalized spacial score (nSPS) is 11.1. The van der Waals surface area contributed by atoms with Crippen molar-refractivity contribution in [3.8, 4) is 11.3 Å². The Bertz CT molecular complexity index is 709. The molecule has 1 aromatic heterocycles. The van der Waals surface area contributed by atoms with Crippen LogP contribution in [-0.2, 0) is 0 Å². The number of benzene rings is 2. The topological polar surface area (TPSA) is 15.8 Å². The third-order valence-electron chi connectivity index (χ3n) is 3.17. The summed E-state index contributed by atoms with van der Waals surface area (Å²) in [7, 11) is 0. The second-order valence-electron chi connectivity index (χ2n) is 4.56. The van der Waals surface area contributed by atoms with Crippen LogP contribution in [0.25, 0.3) is 23.4 Å². The van der Waals surface area contributed by atoms with E-state index in [9.17, 15) is 0 Å². The largest absolute Gasteiger partial charge is 0.361 e. The molecule has 2 aromatic carbocycles. The van der Waals surface area contributed by atoms with Crippen molar-refractivity contribution in [1.29, 1.82) is 0 Å². The summed E-state index contributed by atoms with van der Waals surface area (Å²) >= 11 is 5.89. The van der Waals surface area contributed by atoms with E-state index in [1.54, 1.807) is 0 Å². The maximum atomic E-state index is 5.89. The molecule has 2 heteroatoms. The minimum Gasteiger partial charge on any atom is -0.361 e. The van der Waals surface area contributed by atoms with E-state index in [2.05, 4.69) is 41.4 Å². The van der Waals surface area contributed by atoms with Crippen LogP contribution in [0, 0.1) is 0 Å². The van der Waals surface area contributed by atoms with E-state index >= 15 is 0 Å². The van der Waals surface area contributed by atoms with Crippen LogP contribution >= 0.6 is 11.6 Å². The first-order valence-electron chi connectivity index (χ1n) is 6.49. The van der Waals surface area contributed by atoms with Crippen molar-refractivity contribution in [3.05, 3.63) is 83.0 Å². The molecule has 0 saturated heterocycles. The Labute approximate surface area is 123 Å². The van der Waals surface area contributed by atoms with E-state index in [1.165, 1.54) is 11.1 Å². The van der Waals surface area contributed by atoms with E-state index < -0.39 is 0 Å². The van der Waals surface area contributed by atoms with Crippen LogP contribution in [0.15, 0.2) is 66.9 Å². The lowest BCUT2D eigenvalue weighted by Crippen LogP contribution is -1.82. The second-order valence-corrected chi connectivity index (χ2v) is 4.99. The molecule has 1 heterocycles. The van der Waals surface area contributed by atoms with Crippen molar-refractivity contribution in [2.75, 3.05) is 0 Å². The lowest BCUT2D eigenvalue weighted by Gasteiger charge is -2.03. The zero-order valence-electron chi connectivity index (χ0n) is 10.9. The number of aromatic amines is 1. The van der Waals surface area contributed by atoms with Crippen LogP contribution in [0.2, 0.25) is 5.02 Å². The highest BCUT2D eigenvalue weighted by Gasteiger charge is 2.01. The van der Waals surface area contributed by atoms with Crippen LogP contribution < -0.4 is 0 Å². The Morgan fingerprint density at radius 1 is 0.800 bits per heavy atom. The summed E-state index contributed by atoms with van der Waals surface area (Å²) in [5.41, 5.74) is 4.64. The highest BCUT2D eigenvalue weighted by Crippen LogP contribution is 2.23. The fraction of sp³-hybridized carbons (Fsp3) is 0. The zero-order chi connectivity index (χ0) is 13.8. The SMILES string of the molecule is Clc1ccc(/C=C\c2ccccc2-c2ccc[nH]2)cc1. The van der Waals surface area contributed by atoms with Gasteiger partial charge in [-0.3, -0.25) is 0 Å². The molecule has 0 aliphatic heterocycles. The summed E-state index contributed by atoms with van der Waals surface area (Å²) in [6.45, 7) is 0. The average Bonchev–Trinajstić information content (AvgIpc) is 3.01. The molecule has 3 aromatic rings. The molecule has 0 amide bonds. The molecular weight excluding hydrogens is 266 g/mol. The molecule has 0 fully saturated rings. The van der Waals surface area contributed by atoms with Crippen molar-refractivity contribution in [2.24, 2.45) is 0 Å². The minimum atomic E-state index is 0.758. The standard InChI is InChI=1S/C18H14ClN/c19-16-11-8-14(9-12-16)7-10-15-4-1-2-5-17(15)18-6-3-13-20-18/h1-13,20H/b10-7-. The highest BCUT2D eigenvalue weighted by atomic mass is 35.5. The van der Waals surface area contributed by atoms with Gasteiger partial charge in [-0.1, -0.05) is 60.2 Å². The number of hydrogen-bond donors (Lipinski definition) is 1. The summed E-state index contributed by atoms with van der Waals surface area (Å²) in [6, 6.07) is 20.2. The Hall–Kier alpha value is -2.25. The molecule has 0 radical (unpaired) electrons. The van der Waals surface area contributed by atoms with Crippen LogP contribution in [0.5, 0.6) is 0 Å². The van der Waals surface area contributed by atoms with Crippen LogP contribution in [-0.4, -0.2) is 4.98 Å². The second kappa shape index (κ2) is 5.81. The average molecular weight is 280 g/mol. The molecule has 3 rings (SSSR count). The molecule has 0 aliphatic carbocycles. The minimum absolute atomic E-state index is 0.758. The van der Waals surface area contributed by atoms with Gasteiger partial charge in [-0.15, -0.1) is 0 Å². The summed E-state index contributed by atoms with van der Waals surface area (Å²) < 4.78 is 0. The van der Waals surface area contributed by atoms with Gasteiger partial charge >= 0.3 is 0 Å². The molecule has 0 saturated carbocycles. The van der Waals surface area contributed by atoms with Gasteiger partial charge < -0.3 is 4.98 Å². The van der Waals surface area contributed by atoms with E-state index in [4.69, 9.17) is 11.6 Å². The first kappa shape index (κ1) is 12.8. The molecule has 0 atom stereocenters. The van der Waals surface area contributed by atoms with Crippen molar-refractivity contribution >= 4 is 23.8 Å². The Morgan fingerprint density at radius 2 is 1.60 bits per heavy atom. The third kappa shape index (κ3) is 2.84. The number of aromatic nitrogens is 1. The zero-order valence-corrected chi connectivity index (χ0v) is 11.6. The van der Waals surface area contributed by atoms with Crippen LogP contribution in [0.3, 0.4) is 0 Å². The smallest absolute Gasteiger partial charge is 0.0459 e. The number of nitrogens with one attached hydrogen (secondary N) is 1. The summed E-state index contributed by atoms with van der Waals surface area (Å²) in [5.74, 6) is 0. The van der Waals surface area contributed by atoms with E-state index in [-0.39, 0.29) is 0 Å². The van der Waals surface area contributed by atoms with Crippen LogP contribution in [0.4, 0.5) is 0 Å². The quantitative estimate of drug-likeness (QED) is 0.609. The predicted octanol–water partition coefficient (Wildman–Crippen LogP) is 5.51. The maximum absolute atomic E-state index is 5.89. The molecule has 0 aliphatic rings. The molecule has 1 nitrogen and oxygen atoms in total. The highest BCUT2D eigenvalue weighted by molar-refractivity contribution is 6.30. The number of H-pyrrole nitrogens is 1. The van der Waals surface area contributed by atoms with Crippen molar-refractivity contribution in [3.63, 3.8) is 0 Å². The molecule has 0 unspecified atom stereocenters. The van der Waals surface area contributed by atoms with Gasteiger partial charge in [-0.25, -0.2) is 0 Å². The van der Waals surface area contributed by atoms with E-state index in [0.717, 1.165) is 16.3 Å². The van der Waals surface area contributed by atoms with Crippen molar-refractivity contribution in [1.82, 2.24) is 4.98 Å². The number of hydrogen-bond acceptors (Lipinski definition) is 0. The van der Waals surface area contributed by atoms with Crippen molar-refractivity contribution < 1.29 is 0 Å². The molecular formula is C18H14ClN. The Morgan fingerprint density at radius 3 is 2.35 bits per heavy atom. The van der Waals surface area contributed by atoms with Gasteiger partial charge in [0.25, 0.3) is 0 Å². The Kier molecular flexibility index (Phi) is 3.71. The maximum Gasteiger partial charge on any atom is 0.0459 e. The van der Waals surface area contributed by atoms with E-state index in [0.29, 0.717) is 0 Å². The van der Waals surface area contributed by atoms with Gasteiger partial charge in [0.05, 0.1) is 0 Å². The monoisotopic (exact) mass is 279 g/mol. The molecule has 98 valence electrons. The van der Waals surface area contributed by atoms with E-state index in [1.807, 2.05) is 42.6 Å². The predicted molar refractivity (Wildman–Crippen MR) is 86.6 cm³/mol. The van der Waals surface area contributed by atoms with Gasteiger partial charge in [-0.05, 0) is 35.4 Å². The lowest BCUT2D eigenvalue weighted by atomic mass is 10.0. The number of halogens is 1. The lowest BCUT2D eigenvalue weighted by molar-refractivity contribution is 1.40. The molecule has 1 N–H and O–H groups in total. The van der Waals surface area contributed by atoms with Gasteiger partial charge in [0.15, 0.2) is 0 Å². The van der Waals surface area contributed by atoms with Crippen molar-refractivity contribution in [2.45, 2.75) is 0 Å². The molecule has 0 spiro atoms. The summed E-state index contributed by atoms with van der Waals surface area (Å²) in [6.07, 6.45) is 6.16. The van der Waals surface area contributed by atoms with Gasteiger partial charge in [0.1, 0.15) is 0 Å². The van der Waals surface area contributed by atoms with Gasteiger partial charge in [-0.2, -0.15) is 0 Å².